The third-order valence-electron chi connectivity index (χ3n) is 2.94. The maximum Gasteiger partial charge on any atom is 0.320 e. The summed E-state index contributed by atoms with van der Waals surface area (Å²) >= 11 is 5.83. The molecule has 4 nitrogen and oxygen atoms in total. The van der Waals surface area contributed by atoms with Crippen LogP contribution < -0.4 is 0 Å². The van der Waals surface area contributed by atoms with Crippen LogP contribution in [0.25, 0.3) is 0 Å². The molecule has 1 aromatic carbocycles. The second-order valence-corrected chi connectivity index (χ2v) is 4.80. The Morgan fingerprint density at radius 2 is 1.94 bits per heavy atom. The van der Waals surface area contributed by atoms with Gasteiger partial charge in [-0.3, -0.25) is 0 Å². The summed E-state index contributed by atoms with van der Waals surface area (Å²) in [6.45, 7) is 3.18. The lowest BCUT2D eigenvalue weighted by molar-refractivity contribution is 0.0448. The van der Waals surface area contributed by atoms with Crippen LogP contribution in [0.15, 0.2) is 24.3 Å². The fourth-order valence-corrected chi connectivity index (χ4v) is 2.05. The van der Waals surface area contributed by atoms with Gasteiger partial charge in [0.2, 0.25) is 0 Å². The van der Waals surface area contributed by atoms with Gasteiger partial charge in [-0.1, -0.05) is 23.7 Å². The molecule has 0 radical (unpaired) electrons. The standard InChI is InChI=1S/C13H17ClN2O2/c1-15(10-11-2-4-12(14)5-3-11)13(17)16-6-8-18-9-7-16/h2-5H,6-10H2,1H3. The lowest BCUT2D eigenvalue weighted by Gasteiger charge is -2.31. The van der Waals surface area contributed by atoms with Crippen molar-refractivity contribution in [1.82, 2.24) is 9.80 Å². The Morgan fingerprint density at radius 1 is 1.33 bits per heavy atom. The van der Waals surface area contributed by atoms with Crippen molar-refractivity contribution < 1.29 is 9.53 Å². The monoisotopic (exact) mass is 268 g/mol. The number of nitrogens with zero attached hydrogens (tertiary/aromatic N) is 2. The van der Waals surface area contributed by atoms with Crippen LogP contribution in [0.5, 0.6) is 0 Å². The molecule has 1 aliphatic rings. The van der Waals surface area contributed by atoms with E-state index < -0.39 is 0 Å². The van der Waals surface area contributed by atoms with Gasteiger partial charge in [0.05, 0.1) is 13.2 Å². The zero-order valence-electron chi connectivity index (χ0n) is 10.4. The molecule has 0 unspecified atom stereocenters. The first-order chi connectivity index (χ1) is 8.66. The highest BCUT2D eigenvalue weighted by atomic mass is 35.5. The molecule has 1 heterocycles. The normalized spacial score (nSPS) is 15.6. The van der Waals surface area contributed by atoms with Crippen LogP contribution in [0.3, 0.4) is 0 Å². The number of carbonyl (C=O) groups is 1. The zero-order chi connectivity index (χ0) is 13.0. The van der Waals surface area contributed by atoms with Crippen molar-refractivity contribution in [3.05, 3.63) is 34.9 Å². The maximum atomic E-state index is 12.1. The number of urea groups is 1. The third-order valence-corrected chi connectivity index (χ3v) is 3.19. The van der Waals surface area contributed by atoms with Gasteiger partial charge in [-0.2, -0.15) is 0 Å². The Kier molecular flexibility index (Phi) is 4.44. The Hall–Kier alpha value is -1.26. The first kappa shape index (κ1) is 13.2. The average Bonchev–Trinajstić information content (AvgIpc) is 2.41. The van der Waals surface area contributed by atoms with E-state index in [0.29, 0.717) is 37.9 Å². The highest BCUT2D eigenvalue weighted by molar-refractivity contribution is 6.30. The summed E-state index contributed by atoms with van der Waals surface area (Å²) in [6, 6.07) is 7.60. The number of amides is 2. The molecule has 2 rings (SSSR count). The van der Waals surface area contributed by atoms with E-state index in [4.69, 9.17) is 16.3 Å². The van der Waals surface area contributed by atoms with Gasteiger partial charge in [0.15, 0.2) is 0 Å². The van der Waals surface area contributed by atoms with Crippen LogP contribution >= 0.6 is 11.6 Å². The molecule has 18 heavy (non-hydrogen) atoms. The summed E-state index contributed by atoms with van der Waals surface area (Å²) in [4.78, 5) is 15.7. The highest BCUT2D eigenvalue weighted by Gasteiger charge is 2.20. The summed E-state index contributed by atoms with van der Waals surface area (Å²) in [5.41, 5.74) is 1.07. The van der Waals surface area contributed by atoms with Crippen LogP contribution in [0.4, 0.5) is 4.79 Å². The van der Waals surface area contributed by atoms with Crippen molar-refractivity contribution in [3.8, 4) is 0 Å². The number of morpholine rings is 1. The molecule has 1 fully saturated rings. The van der Waals surface area contributed by atoms with Gasteiger partial charge in [-0.15, -0.1) is 0 Å². The molecule has 1 aliphatic heterocycles. The van der Waals surface area contributed by atoms with Gasteiger partial charge >= 0.3 is 6.03 Å². The largest absolute Gasteiger partial charge is 0.378 e. The summed E-state index contributed by atoms with van der Waals surface area (Å²) < 4.78 is 5.23. The topological polar surface area (TPSA) is 32.8 Å². The van der Waals surface area contributed by atoms with Crippen LogP contribution in [-0.4, -0.2) is 49.2 Å². The van der Waals surface area contributed by atoms with Crippen LogP contribution in [-0.2, 0) is 11.3 Å². The molecule has 0 N–H and O–H groups in total. The van der Waals surface area contributed by atoms with E-state index in [1.807, 2.05) is 36.2 Å². The predicted octanol–water partition coefficient (Wildman–Crippen LogP) is 2.22. The number of hydrogen-bond acceptors (Lipinski definition) is 2. The molecule has 1 aromatic rings. The Balaban J connectivity index is 1.92. The molecule has 1 saturated heterocycles. The number of benzene rings is 1. The molecular weight excluding hydrogens is 252 g/mol. The van der Waals surface area contributed by atoms with Gasteiger partial charge < -0.3 is 14.5 Å². The fourth-order valence-electron chi connectivity index (χ4n) is 1.93. The molecule has 0 aromatic heterocycles. The molecule has 98 valence electrons. The first-order valence-electron chi connectivity index (χ1n) is 5.99. The first-order valence-corrected chi connectivity index (χ1v) is 6.37. The van der Waals surface area contributed by atoms with E-state index in [-0.39, 0.29) is 6.03 Å². The predicted molar refractivity (Wildman–Crippen MR) is 70.7 cm³/mol. The average molecular weight is 269 g/mol. The van der Waals surface area contributed by atoms with Crippen molar-refractivity contribution >= 4 is 17.6 Å². The van der Waals surface area contributed by atoms with Gasteiger partial charge in [0, 0.05) is 31.7 Å². The van der Waals surface area contributed by atoms with Crippen molar-refractivity contribution in [2.24, 2.45) is 0 Å². The lowest BCUT2D eigenvalue weighted by atomic mass is 10.2. The minimum absolute atomic E-state index is 0.0493. The molecular formula is C13H17ClN2O2. The van der Waals surface area contributed by atoms with Crippen LogP contribution in [0, 0.1) is 0 Å². The van der Waals surface area contributed by atoms with E-state index >= 15 is 0 Å². The Labute approximate surface area is 112 Å². The summed E-state index contributed by atoms with van der Waals surface area (Å²) in [7, 11) is 1.81. The number of halogens is 1. The Bertz CT molecular complexity index is 402. The zero-order valence-corrected chi connectivity index (χ0v) is 11.2. The molecule has 0 saturated carbocycles. The highest BCUT2D eigenvalue weighted by Crippen LogP contribution is 2.12. The number of hydrogen-bond donors (Lipinski definition) is 0. The molecule has 0 aliphatic carbocycles. The van der Waals surface area contributed by atoms with E-state index in [1.165, 1.54) is 0 Å². The maximum absolute atomic E-state index is 12.1. The van der Waals surface area contributed by atoms with E-state index in [2.05, 4.69) is 0 Å². The summed E-state index contributed by atoms with van der Waals surface area (Å²) in [6.07, 6.45) is 0. The third kappa shape index (κ3) is 3.37. The molecule has 0 bridgehead atoms. The van der Waals surface area contributed by atoms with E-state index in [9.17, 15) is 4.79 Å². The van der Waals surface area contributed by atoms with E-state index in [1.54, 1.807) is 4.90 Å². The van der Waals surface area contributed by atoms with E-state index in [0.717, 1.165) is 5.56 Å². The number of carbonyl (C=O) groups excluding carboxylic acids is 1. The number of rotatable bonds is 2. The fraction of sp³-hybridized carbons (Fsp3) is 0.462. The van der Waals surface area contributed by atoms with Crippen LogP contribution in [0.1, 0.15) is 5.56 Å². The lowest BCUT2D eigenvalue weighted by Crippen LogP contribution is -2.46. The molecule has 0 spiro atoms. The second-order valence-electron chi connectivity index (χ2n) is 4.36. The minimum atomic E-state index is 0.0493. The summed E-state index contributed by atoms with van der Waals surface area (Å²) in [5, 5.41) is 0.709. The quantitative estimate of drug-likeness (QED) is 0.824. The van der Waals surface area contributed by atoms with Crippen molar-refractivity contribution in [2.45, 2.75) is 6.54 Å². The van der Waals surface area contributed by atoms with Gasteiger partial charge in [-0.05, 0) is 17.7 Å². The SMILES string of the molecule is CN(Cc1ccc(Cl)cc1)C(=O)N1CCOCC1. The second kappa shape index (κ2) is 6.07. The van der Waals surface area contributed by atoms with Crippen molar-refractivity contribution in [3.63, 3.8) is 0 Å². The number of ether oxygens (including phenoxy) is 1. The van der Waals surface area contributed by atoms with Crippen molar-refractivity contribution in [2.75, 3.05) is 33.4 Å². The summed E-state index contributed by atoms with van der Waals surface area (Å²) in [5.74, 6) is 0. The van der Waals surface area contributed by atoms with Crippen molar-refractivity contribution in [1.29, 1.82) is 0 Å². The minimum Gasteiger partial charge on any atom is -0.378 e. The molecule has 5 heteroatoms. The van der Waals surface area contributed by atoms with Crippen LogP contribution in [0.2, 0.25) is 5.02 Å². The Morgan fingerprint density at radius 3 is 2.56 bits per heavy atom. The molecule has 0 atom stereocenters. The molecule has 2 amide bonds. The van der Waals surface area contributed by atoms with Gasteiger partial charge in [0.1, 0.15) is 0 Å². The van der Waals surface area contributed by atoms with Gasteiger partial charge in [-0.25, -0.2) is 4.79 Å². The smallest absolute Gasteiger partial charge is 0.320 e. The van der Waals surface area contributed by atoms with Gasteiger partial charge in [0.25, 0.3) is 0 Å².